The number of ether oxygens (including phenoxy) is 1. The zero-order chi connectivity index (χ0) is 20.7. The average Bonchev–Trinajstić information content (AvgIpc) is 2.74. The summed E-state index contributed by atoms with van der Waals surface area (Å²) in [6.07, 6.45) is 7.29. The third kappa shape index (κ3) is 3.51. The van der Waals surface area contributed by atoms with E-state index in [1.165, 1.54) is 30.4 Å². The van der Waals surface area contributed by atoms with Gasteiger partial charge in [0.05, 0.1) is 0 Å². The first-order valence-electron chi connectivity index (χ1n) is 10.9. The molecule has 3 heterocycles. The summed E-state index contributed by atoms with van der Waals surface area (Å²) in [5, 5.41) is 6.74. The molecular weight excluding hydrogens is 378 g/mol. The predicted octanol–water partition coefficient (Wildman–Crippen LogP) is 3.73. The lowest BCUT2D eigenvalue weighted by Gasteiger charge is -2.36. The summed E-state index contributed by atoms with van der Waals surface area (Å²) < 4.78 is 5.86. The maximum atomic E-state index is 12.9. The molecule has 0 unspecified atom stereocenters. The van der Waals surface area contributed by atoms with Crippen LogP contribution in [-0.2, 0) is 12.0 Å². The molecular formula is C23H29N5O2. The number of carbonyl (C=O) groups excluding carboxylic acids is 1. The second-order valence-corrected chi connectivity index (χ2v) is 9.24. The smallest absolute Gasteiger partial charge is 0.263 e. The van der Waals surface area contributed by atoms with Crippen molar-refractivity contribution in [2.24, 2.45) is 0 Å². The molecule has 1 saturated carbocycles. The van der Waals surface area contributed by atoms with Gasteiger partial charge in [-0.05, 0) is 36.1 Å². The van der Waals surface area contributed by atoms with E-state index < -0.39 is 0 Å². The van der Waals surface area contributed by atoms with Gasteiger partial charge in [-0.1, -0.05) is 39.2 Å². The Morgan fingerprint density at radius 2 is 2.07 bits per heavy atom. The molecule has 2 N–H and O–H groups in total. The van der Waals surface area contributed by atoms with Gasteiger partial charge in [0.25, 0.3) is 5.91 Å². The average molecular weight is 408 g/mol. The van der Waals surface area contributed by atoms with E-state index in [1.807, 2.05) is 4.90 Å². The van der Waals surface area contributed by atoms with Gasteiger partial charge in [0, 0.05) is 36.4 Å². The summed E-state index contributed by atoms with van der Waals surface area (Å²) in [4.78, 5) is 23.7. The zero-order valence-corrected chi connectivity index (χ0v) is 17.7. The molecule has 1 fully saturated rings. The highest BCUT2D eigenvalue weighted by Gasteiger charge is 2.33. The van der Waals surface area contributed by atoms with Crippen molar-refractivity contribution in [1.82, 2.24) is 20.2 Å². The lowest BCUT2D eigenvalue weighted by atomic mass is 9.79. The highest BCUT2D eigenvalue weighted by atomic mass is 16.5. The molecule has 0 radical (unpaired) electrons. The summed E-state index contributed by atoms with van der Waals surface area (Å²) in [6, 6.07) is 6.65. The molecule has 5 rings (SSSR count). The molecule has 7 heteroatoms. The van der Waals surface area contributed by atoms with Crippen LogP contribution in [0.4, 0.5) is 11.6 Å². The fourth-order valence-electron chi connectivity index (χ4n) is 4.90. The molecule has 30 heavy (non-hydrogen) atoms. The first kappa shape index (κ1) is 19.3. The van der Waals surface area contributed by atoms with Crippen LogP contribution in [0, 0.1) is 0 Å². The van der Waals surface area contributed by atoms with E-state index >= 15 is 0 Å². The van der Waals surface area contributed by atoms with E-state index in [0.29, 0.717) is 17.4 Å². The van der Waals surface area contributed by atoms with Crippen LogP contribution >= 0.6 is 0 Å². The van der Waals surface area contributed by atoms with Crippen molar-refractivity contribution in [3.63, 3.8) is 0 Å². The minimum Gasteiger partial charge on any atom is -0.455 e. The van der Waals surface area contributed by atoms with Crippen LogP contribution in [0.25, 0.3) is 0 Å². The number of hydrogen-bond acceptors (Lipinski definition) is 6. The van der Waals surface area contributed by atoms with Crippen molar-refractivity contribution < 1.29 is 9.53 Å². The van der Waals surface area contributed by atoms with Crippen LogP contribution < -0.4 is 15.4 Å². The highest BCUT2D eigenvalue weighted by molar-refractivity contribution is 5.97. The van der Waals surface area contributed by atoms with Gasteiger partial charge in [-0.3, -0.25) is 4.79 Å². The van der Waals surface area contributed by atoms with Gasteiger partial charge < -0.3 is 20.3 Å². The van der Waals surface area contributed by atoms with Crippen molar-refractivity contribution in [3.8, 4) is 5.88 Å². The van der Waals surface area contributed by atoms with Gasteiger partial charge in [0.2, 0.25) is 11.8 Å². The molecule has 0 bridgehead atoms. The number of nitrogens with zero attached hydrogens (tertiary/aromatic N) is 3. The molecule has 0 spiro atoms. The van der Waals surface area contributed by atoms with Gasteiger partial charge >= 0.3 is 0 Å². The van der Waals surface area contributed by atoms with Gasteiger partial charge in [-0.2, -0.15) is 4.98 Å². The Labute approximate surface area is 177 Å². The molecule has 7 nitrogen and oxygen atoms in total. The normalized spacial score (nSPS) is 20.9. The molecule has 2 aliphatic heterocycles. The van der Waals surface area contributed by atoms with Crippen LogP contribution in [0.3, 0.4) is 0 Å². The second-order valence-electron chi connectivity index (χ2n) is 9.24. The molecule has 3 aliphatic rings. The number of amides is 1. The number of fused-ring (bicyclic) bond motifs is 2. The van der Waals surface area contributed by atoms with Crippen molar-refractivity contribution in [1.29, 1.82) is 0 Å². The Morgan fingerprint density at radius 3 is 2.90 bits per heavy atom. The summed E-state index contributed by atoms with van der Waals surface area (Å²) in [5.74, 6) is 0.790. The lowest BCUT2D eigenvalue weighted by Crippen LogP contribution is -2.46. The monoisotopic (exact) mass is 407 g/mol. The molecule has 158 valence electrons. The Hall–Kier alpha value is -2.67. The standard InChI is InChI=1S/C23H29N5O2/c1-23(2)13-24-11-15-10-16(8-9-19(15)23)26-22-25-12-18-20(27-22)30-14-28(21(18)29)17-6-4-3-5-7-17/h8-10,12,17,24H,3-7,11,13-14H2,1-2H3,(H,25,26,27). The molecule has 0 saturated heterocycles. The van der Waals surface area contributed by atoms with Gasteiger partial charge in [-0.25, -0.2) is 4.98 Å². The minimum atomic E-state index is -0.0169. The number of benzene rings is 1. The molecule has 0 atom stereocenters. The summed E-state index contributed by atoms with van der Waals surface area (Å²) >= 11 is 0. The largest absolute Gasteiger partial charge is 0.455 e. The third-order valence-electron chi connectivity index (χ3n) is 6.57. The summed E-state index contributed by atoms with van der Waals surface area (Å²) in [7, 11) is 0. The van der Waals surface area contributed by atoms with E-state index in [9.17, 15) is 4.79 Å². The molecule has 1 aliphatic carbocycles. The zero-order valence-electron chi connectivity index (χ0n) is 17.7. The highest BCUT2D eigenvalue weighted by Crippen LogP contribution is 2.33. The maximum Gasteiger partial charge on any atom is 0.263 e. The Balaban J connectivity index is 1.34. The number of anilines is 2. The SMILES string of the molecule is CC1(C)CNCc2cc(Nc3ncc4c(n3)OCN(C3CCCCC3)C4=O)ccc21. The van der Waals surface area contributed by atoms with Gasteiger partial charge in [0.1, 0.15) is 5.56 Å². The first-order valence-corrected chi connectivity index (χ1v) is 10.9. The topological polar surface area (TPSA) is 79.4 Å². The van der Waals surface area contributed by atoms with Crippen LogP contribution in [0.2, 0.25) is 0 Å². The number of nitrogens with one attached hydrogen (secondary N) is 2. The fourth-order valence-corrected chi connectivity index (χ4v) is 4.90. The van der Waals surface area contributed by atoms with E-state index in [-0.39, 0.29) is 24.1 Å². The lowest BCUT2D eigenvalue weighted by molar-refractivity contribution is 0.0303. The Morgan fingerprint density at radius 1 is 1.23 bits per heavy atom. The number of rotatable bonds is 3. The molecule has 1 amide bonds. The van der Waals surface area contributed by atoms with Crippen LogP contribution in [0.5, 0.6) is 5.88 Å². The number of carbonyl (C=O) groups is 1. The summed E-state index contributed by atoms with van der Waals surface area (Å²) in [5.41, 5.74) is 4.15. The predicted molar refractivity (Wildman–Crippen MR) is 115 cm³/mol. The number of hydrogen-bond donors (Lipinski definition) is 2. The Bertz CT molecular complexity index is 968. The fraction of sp³-hybridized carbons (Fsp3) is 0.522. The van der Waals surface area contributed by atoms with E-state index in [2.05, 4.69) is 52.6 Å². The van der Waals surface area contributed by atoms with Crippen molar-refractivity contribution >= 4 is 17.5 Å². The number of aromatic nitrogens is 2. The third-order valence-corrected chi connectivity index (χ3v) is 6.57. The summed E-state index contributed by atoms with van der Waals surface area (Å²) in [6.45, 7) is 6.61. The minimum absolute atomic E-state index is 0.0169. The van der Waals surface area contributed by atoms with Gasteiger partial charge in [-0.15, -0.1) is 0 Å². The van der Waals surface area contributed by atoms with Crippen LogP contribution in [-0.4, -0.2) is 40.1 Å². The van der Waals surface area contributed by atoms with Gasteiger partial charge in [0.15, 0.2) is 6.73 Å². The molecule has 2 aromatic rings. The van der Waals surface area contributed by atoms with Crippen molar-refractivity contribution in [2.45, 2.75) is 64.0 Å². The second kappa shape index (κ2) is 7.54. The van der Waals surface area contributed by atoms with E-state index in [1.54, 1.807) is 6.20 Å². The molecule has 1 aromatic heterocycles. The van der Waals surface area contributed by atoms with Crippen LogP contribution in [0.15, 0.2) is 24.4 Å². The maximum absolute atomic E-state index is 12.9. The van der Waals surface area contributed by atoms with Crippen LogP contribution in [0.1, 0.15) is 67.4 Å². The van der Waals surface area contributed by atoms with E-state index in [0.717, 1.165) is 31.6 Å². The quantitative estimate of drug-likeness (QED) is 0.807. The first-order chi connectivity index (χ1) is 14.5. The Kier molecular flexibility index (Phi) is 4.85. The van der Waals surface area contributed by atoms with Crippen molar-refractivity contribution in [2.75, 3.05) is 18.6 Å². The van der Waals surface area contributed by atoms with E-state index in [4.69, 9.17) is 4.74 Å². The van der Waals surface area contributed by atoms with Crippen molar-refractivity contribution in [3.05, 3.63) is 41.1 Å². The molecule has 1 aromatic carbocycles.